The lowest BCUT2D eigenvalue weighted by Crippen LogP contribution is -2.09. The van der Waals surface area contributed by atoms with Crippen molar-refractivity contribution < 1.29 is 18.7 Å². The molecule has 0 amide bonds. The van der Waals surface area contributed by atoms with E-state index >= 15 is 0 Å². The van der Waals surface area contributed by atoms with Gasteiger partial charge in [-0.1, -0.05) is 41.9 Å². The number of benzene rings is 3. The van der Waals surface area contributed by atoms with E-state index in [0.29, 0.717) is 38.4 Å². The number of Topliss-reactive ketones (excluding diaryl/α,β-unsaturated/α-hetero) is 1. The Morgan fingerprint density at radius 3 is 2.18 bits per heavy atom. The zero-order valence-electron chi connectivity index (χ0n) is 15.5. The minimum absolute atomic E-state index is 0.178. The average molecular weight is 397 g/mol. The van der Waals surface area contributed by atoms with E-state index < -0.39 is 5.97 Å². The van der Waals surface area contributed by atoms with Gasteiger partial charge in [0.25, 0.3) is 0 Å². The maximum Gasteiger partial charge on any atom is 0.338 e. The summed E-state index contributed by atoms with van der Waals surface area (Å²) in [5.74, 6) is -1.08. The quantitative estimate of drug-likeness (QED) is 0.381. The Morgan fingerprint density at radius 2 is 1.57 bits per heavy atom. The number of rotatable bonds is 5. The van der Waals surface area contributed by atoms with Crippen LogP contribution in [0.3, 0.4) is 0 Å². The normalized spacial score (nSPS) is 10.6. The maximum absolute atomic E-state index is 13.3. The van der Waals surface area contributed by atoms with Gasteiger partial charge in [0.05, 0.1) is 12.2 Å². The fourth-order valence-corrected chi connectivity index (χ4v) is 3.28. The average Bonchev–Trinajstić information content (AvgIpc) is 2.68. The van der Waals surface area contributed by atoms with E-state index in [9.17, 15) is 14.0 Å². The Morgan fingerprint density at radius 1 is 0.929 bits per heavy atom. The zero-order valence-corrected chi connectivity index (χ0v) is 16.2. The molecule has 0 unspecified atom stereocenters. The fraction of sp³-hybridized carbons (Fsp3) is 0.130. The molecule has 28 heavy (non-hydrogen) atoms. The molecule has 142 valence electrons. The van der Waals surface area contributed by atoms with Gasteiger partial charge >= 0.3 is 5.97 Å². The molecule has 0 spiro atoms. The Hall–Kier alpha value is -2.98. The van der Waals surface area contributed by atoms with Gasteiger partial charge in [0.2, 0.25) is 0 Å². The SMILES string of the molecule is CCOC(=O)c1cc(-c2ccc(F)cc2)c(C(C)=O)cc1-c1ccccc1Cl. The van der Waals surface area contributed by atoms with Crippen molar-refractivity contribution in [2.45, 2.75) is 13.8 Å². The molecule has 0 heterocycles. The summed E-state index contributed by atoms with van der Waals surface area (Å²) in [5, 5.41) is 0.456. The second-order valence-corrected chi connectivity index (χ2v) is 6.61. The van der Waals surface area contributed by atoms with Crippen LogP contribution in [0.25, 0.3) is 22.3 Å². The summed E-state index contributed by atoms with van der Waals surface area (Å²) in [7, 11) is 0. The van der Waals surface area contributed by atoms with Crippen molar-refractivity contribution in [1.29, 1.82) is 0 Å². The molecule has 0 aromatic heterocycles. The largest absolute Gasteiger partial charge is 0.462 e. The van der Waals surface area contributed by atoms with Gasteiger partial charge in [-0.3, -0.25) is 4.79 Å². The summed E-state index contributed by atoms with van der Waals surface area (Å²) < 4.78 is 18.6. The summed E-state index contributed by atoms with van der Waals surface area (Å²) in [6, 6.07) is 16.1. The van der Waals surface area contributed by atoms with Crippen molar-refractivity contribution in [2.24, 2.45) is 0 Å². The number of carbonyl (C=O) groups excluding carboxylic acids is 2. The molecule has 0 aliphatic carbocycles. The van der Waals surface area contributed by atoms with Crippen LogP contribution in [-0.2, 0) is 4.74 Å². The highest BCUT2D eigenvalue weighted by molar-refractivity contribution is 6.33. The molecule has 3 rings (SSSR count). The van der Waals surface area contributed by atoms with E-state index in [-0.39, 0.29) is 18.2 Å². The number of carbonyl (C=O) groups is 2. The maximum atomic E-state index is 13.3. The molecule has 0 aliphatic rings. The first-order valence-electron chi connectivity index (χ1n) is 8.79. The van der Waals surface area contributed by atoms with Crippen LogP contribution in [0.4, 0.5) is 4.39 Å². The predicted octanol–water partition coefficient (Wildman–Crippen LogP) is 6.19. The number of ketones is 1. The number of esters is 1. The third-order valence-corrected chi connectivity index (χ3v) is 4.68. The van der Waals surface area contributed by atoms with Gasteiger partial charge in [-0.15, -0.1) is 0 Å². The van der Waals surface area contributed by atoms with Crippen LogP contribution >= 0.6 is 11.6 Å². The smallest absolute Gasteiger partial charge is 0.338 e. The molecule has 0 saturated heterocycles. The van der Waals surface area contributed by atoms with Crippen LogP contribution < -0.4 is 0 Å². The van der Waals surface area contributed by atoms with Gasteiger partial charge < -0.3 is 4.74 Å². The number of halogens is 2. The summed E-state index contributed by atoms with van der Waals surface area (Å²) in [6.45, 7) is 3.38. The second-order valence-electron chi connectivity index (χ2n) is 6.21. The monoisotopic (exact) mass is 396 g/mol. The zero-order chi connectivity index (χ0) is 20.3. The van der Waals surface area contributed by atoms with Crippen LogP contribution in [0.15, 0.2) is 60.7 Å². The van der Waals surface area contributed by atoms with Crippen LogP contribution in [0.2, 0.25) is 5.02 Å². The van der Waals surface area contributed by atoms with Crippen molar-refractivity contribution in [1.82, 2.24) is 0 Å². The minimum atomic E-state index is -0.518. The molecule has 0 radical (unpaired) electrons. The van der Waals surface area contributed by atoms with E-state index in [0.717, 1.165) is 0 Å². The lowest BCUT2D eigenvalue weighted by Gasteiger charge is -2.16. The lowest BCUT2D eigenvalue weighted by atomic mass is 9.89. The molecule has 3 aromatic rings. The summed E-state index contributed by atoms with van der Waals surface area (Å²) in [6.07, 6.45) is 0. The first-order chi connectivity index (χ1) is 13.4. The van der Waals surface area contributed by atoms with Crippen molar-refractivity contribution in [3.05, 3.63) is 82.6 Å². The molecule has 0 saturated carbocycles. The lowest BCUT2D eigenvalue weighted by molar-refractivity contribution is 0.0527. The topological polar surface area (TPSA) is 43.4 Å². The molecule has 3 nitrogen and oxygen atoms in total. The van der Waals surface area contributed by atoms with Crippen molar-refractivity contribution in [3.8, 4) is 22.3 Å². The Bertz CT molecular complexity index is 1040. The first-order valence-corrected chi connectivity index (χ1v) is 9.17. The highest BCUT2D eigenvalue weighted by atomic mass is 35.5. The van der Waals surface area contributed by atoms with E-state index in [4.69, 9.17) is 16.3 Å². The minimum Gasteiger partial charge on any atom is -0.462 e. The van der Waals surface area contributed by atoms with E-state index in [2.05, 4.69) is 0 Å². The van der Waals surface area contributed by atoms with Gasteiger partial charge in [-0.05, 0) is 60.9 Å². The summed E-state index contributed by atoms with van der Waals surface area (Å²) in [4.78, 5) is 25.0. The first kappa shape index (κ1) is 19.8. The highest BCUT2D eigenvalue weighted by Crippen LogP contribution is 2.36. The third kappa shape index (κ3) is 3.97. The van der Waals surface area contributed by atoms with Gasteiger partial charge in [0.1, 0.15) is 5.82 Å². The molecule has 0 bridgehead atoms. The van der Waals surface area contributed by atoms with Gasteiger partial charge in [-0.2, -0.15) is 0 Å². The predicted molar refractivity (Wildman–Crippen MR) is 108 cm³/mol. The van der Waals surface area contributed by atoms with Gasteiger partial charge in [-0.25, -0.2) is 9.18 Å². The highest BCUT2D eigenvalue weighted by Gasteiger charge is 2.21. The summed E-state index contributed by atoms with van der Waals surface area (Å²) >= 11 is 6.34. The van der Waals surface area contributed by atoms with Crippen molar-refractivity contribution in [2.75, 3.05) is 6.61 Å². The Labute approximate surface area is 167 Å². The standard InChI is InChI=1S/C23H18ClFO3/c1-3-28-23(27)21-13-19(15-8-10-16(25)11-9-15)18(14(2)26)12-20(21)17-6-4-5-7-22(17)24/h4-13H,3H2,1-2H3. The third-order valence-electron chi connectivity index (χ3n) is 4.35. The van der Waals surface area contributed by atoms with E-state index in [1.165, 1.54) is 19.1 Å². The Balaban J connectivity index is 2.32. The van der Waals surface area contributed by atoms with Crippen LogP contribution in [-0.4, -0.2) is 18.4 Å². The molecule has 0 aliphatic heterocycles. The summed E-state index contributed by atoms with van der Waals surface area (Å²) in [5.41, 5.74) is 3.00. The molecule has 0 N–H and O–H groups in total. The van der Waals surface area contributed by atoms with Crippen molar-refractivity contribution in [3.63, 3.8) is 0 Å². The molecule has 0 fully saturated rings. The second kappa shape index (κ2) is 8.36. The molecule has 5 heteroatoms. The Kier molecular flexibility index (Phi) is 5.90. The van der Waals surface area contributed by atoms with Crippen molar-refractivity contribution >= 4 is 23.4 Å². The molecule has 0 atom stereocenters. The number of hydrogen-bond acceptors (Lipinski definition) is 3. The van der Waals surface area contributed by atoms with Crippen LogP contribution in [0, 0.1) is 5.82 Å². The van der Waals surface area contributed by atoms with Crippen LogP contribution in [0.5, 0.6) is 0 Å². The molecular weight excluding hydrogens is 379 g/mol. The van der Waals surface area contributed by atoms with Gasteiger partial charge in [0.15, 0.2) is 5.78 Å². The van der Waals surface area contributed by atoms with E-state index in [1.807, 2.05) is 0 Å². The molecule has 3 aromatic carbocycles. The number of ether oxygens (including phenoxy) is 1. The van der Waals surface area contributed by atoms with Gasteiger partial charge in [0, 0.05) is 16.1 Å². The number of hydrogen-bond donors (Lipinski definition) is 0. The van der Waals surface area contributed by atoms with Crippen LogP contribution in [0.1, 0.15) is 34.6 Å². The molecular formula is C23H18ClFO3. The van der Waals surface area contributed by atoms with E-state index in [1.54, 1.807) is 55.5 Å². The fourth-order valence-electron chi connectivity index (χ4n) is 3.04.